The van der Waals surface area contributed by atoms with Crippen LogP contribution in [0.1, 0.15) is 11.7 Å². The summed E-state index contributed by atoms with van der Waals surface area (Å²) in [7, 11) is 0. The maximum absolute atomic E-state index is 9.45. The van der Waals surface area contributed by atoms with Gasteiger partial charge in [-0.05, 0) is 46.4 Å². The molecule has 1 atom stereocenters. The standard InChI is InChI=1S/C9H8ClIO/c1-2-9(12)7-5-6(10)3-4-8(7)11/h2-5,9,12H,1H2. The Kier molecular flexibility index (Phi) is 3.55. The van der Waals surface area contributed by atoms with Gasteiger partial charge in [-0.3, -0.25) is 0 Å². The molecule has 1 N–H and O–H groups in total. The Morgan fingerprint density at radius 1 is 1.58 bits per heavy atom. The highest BCUT2D eigenvalue weighted by Gasteiger charge is 2.07. The van der Waals surface area contributed by atoms with Crippen LogP contribution in [0.3, 0.4) is 0 Å². The molecular weight excluding hydrogens is 286 g/mol. The van der Waals surface area contributed by atoms with Crippen molar-refractivity contribution < 1.29 is 5.11 Å². The van der Waals surface area contributed by atoms with Crippen molar-refractivity contribution in [1.29, 1.82) is 0 Å². The highest BCUT2D eigenvalue weighted by molar-refractivity contribution is 14.1. The Labute approximate surface area is 90.2 Å². The van der Waals surface area contributed by atoms with E-state index >= 15 is 0 Å². The van der Waals surface area contributed by atoms with E-state index in [1.165, 1.54) is 6.08 Å². The van der Waals surface area contributed by atoms with Gasteiger partial charge in [-0.1, -0.05) is 17.7 Å². The number of rotatable bonds is 2. The average Bonchev–Trinajstić information content (AvgIpc) is 2.08. The van der Waals surface area contributed by atoms with Gasteiger partial charge in [0.15, 0.2) is 0 Å². The molecule has 0 bridgehead atoms. The first kappa shape index (κ1) is 10.0. The Morgan fingerprint density at radius 2 is 2.25 bits per heavy atom. The van der Waals surface area contributed by atoms with Crippen molar-refractivity contribution in [2.24, 2.45) is 0 Å². The van der Waals surface area contributed by atoms with E-state index in [-0.39, 0.29) is 0 Å². The van der Waals surface area contributed by atoms with Gasteiger partial charge in [0.05, 0.1) is 6.10 Å². The summed E-state index contributed by atoms with van der Waals surface area (Å²) in [6.45, 7) is 3.51. The predicted molar refractivity (Wildman–Crippen MR) is 59.3 cm³/mol. The van der Waals surface area contributed by atoms with Crippen molar-refractivity contribution in [2.75, 3.05) is 0 Å². The summed E-state index contributed by atoms with van der Waals surface area (Å²) >= 11 is 7.92. The fourth-order valence-electron chi connectivity index (χ4n) is 0.868. The molecule has 0 aliphatic heterocycles. The molecule has 1 aromatic rings. The summed E-state index contributed by atoms with van der Waals surface area (Å²) in [5, 5.41) is 10.1. The van der Waals surface area contributed by atoms with E-state index in [1.54, 1.807) is 12.1 Å². The van der Waals surface area contributed by atoms with Crippen LogP contribution in [0.15, 0.2) is 30.9 Å². The molecule has 0 aliphatic rings. The third kappa shape index (κ3) is 2.21. The van der Waals surface area contributed by atoms with Gasteiger partial charge in [-0.25, -0.2) is 0 Å². The molecular formula is C9H8ClIO. The van der Waals surface area contributed by atoms with E-state index in [1.807, 2.05) is 6.07 Å². The van der Waals surface area contributed by atoms with Gasteiger partial charge in [0.1, 0.15) is 0 Å². The van der Waals surface area contributed by atoms with Crippen LogP contribution in [-0.2, 0) is 0 Å². The van der Waals surface area contributed by atoms with Crippen LogP contribution >= 0.6 is 34.2 Å². The molecule has 0 saturated carbocycles. The number of hydrogen-bond donors (Lipinski definition) is 1. The fourth-order valence-corrected chi connectivity index (χ4v) is 1.70. The Bertz CT molecular complexity index is 299. The molecule has 3 heteroatoms. The molecule has 0 saturated heterocycles. The number of aliphatic hydroxyl groups excluding tert-OH is 1. The highest BCUT2D eigenvalue weighted by Crippen LogP contribution is 2.24. The second kappa shape index (κ2) is 4.25. The van der Waals surface area contributed by atoms with Crippen LogP contribution < -0.4 is 0 Å². The zero-order valence-corrected chi connectivity index (χ0v) is 9.21. The molecule has 1 unspecified atom stereocenters. The molecule has 0 heterocycles. The van der Waals surface area contributed by atoms with Crippen LogP contribution in [0, 0.1) is 3.57 Å². The fraction of sp³-hybridized carbons (Fsp3) is 0.111. The minimum atomic E-state index is -0.629. The lowest BCUT2D eigenvalue weighted by Crippen LogP contribution is -1.95. The quantitative estimate of drug-likeness (QED) is 0.656. The maximum Gasteiger partial charge on any atom is 0.0979 e. The summed E-state index contributed by atoms with van der Waals surface area (Å²) in [5.74, 6) is 0. The minimum Gasteiger partial charge on any atom is -0.384 e. The first-order valence-electron chi connectivity index (χ1n) is 3.40. The zero-order valence-electron chi connectivity index (χ0n) is 6.30. The monoisotopic (exact) mass is 294 g/mol. The van der Waals surface area contributed by atoms with Crippen molar-refractivity contribution in [1.82, 2.24) is 0 Å². The van der Waals surface area contributed by atoms with Gasteiger partial charge in [0.25, 0.3) is 0 Å². The largest absolute Gasteiger partial charge is 0.384 e. The molecule has 0 fully saturated rings. The van der Waals surface area contributed by atoms with E-state index in [2.05, 4.69) is 29.2 Å². The summed E-state index contributed by atoms with van der Waals surface area (Å²) in [5.41, 5.74) is 0.804. The van der Waals surface area contributed by atoms with Gasteiger partial charge < -0.3 is 5.11 Å². The summed E-state index contributed by atoms with van der Waals surface area (Å²) < 4.78 is 0.990. The third-order valence-corrected chi connectivity index (χ3v) is 2.72. The van der Waals surface area contributed by atoms with Crippen LogP contribution in [0.4, 0.5) is 0 Å². The molecule has 1 nitrogen and oxygen atoms in total. The lowest BCUT2D eigenvalue weighted by molar-refractivity contribution is 0.228. The molecule has 0 spiro atoms. The summed E-state index contributed by atoms with van der Waals surface area (Å²) in [6.07, 6.45) is 0.851. The van der Waals surface area contributed by atoms with Gasteiger partial charge >= 0.3 is 0 Å². The normalized spacial score (nSPS) is 12.6. The molecule has 1 aromatic carbocycles. The predicted octanol–water partition coefficient (Wildman–Crippen LogP) is 3.16. The topological polar surface area (TPSA) is 20.2 Å². The smallest absolute Gasteiger partial charge is 0.0979 e. The van der Waals surface area contributed by atoms with Crippen molar-refractivity contribution in [2.45, 2.75) is 6.10 Å². The van der Waals surface area contributed by atoms with Crippen LogP contribution in [0.25, 0.3) is 0 Å². The number of halogens is 2. The van der Waals surface area contributed by atoms with E-state index < -0.39 is 6.10 Å². The van der Waals surface area contributed by atoms with Crippen molar-refractivity contribution in [3.63, 3.8) is 0 Å². The first-order chi connectivity index (χ1) is 5.65. The van der Waals surface area contributed by atoms with E-state index in [0.29, 0.717) is 5.02 Å². The van der Waals surface area contributed by atoms with Crippen LogP contribution in [0.5, 0.6) is 0 Å². The molecule has 1 rings (SSSR count). The average molecular weight is 295 g/mol. The second-order valence-corrected chi connectivity index (χ2v) is 3.95. The lowest BCUT2D eigenvalue weighted by atomic mass is 10.1. The molecule has 12 heavy (non-hydrogen) atoms. The number of hydrogen-bond acceptors (Lipinski definition) is 1. The molecule has 0 radical (unpaired) electrons. The second-order valence-electron chi connectivity index (χ2n) is 2.35. The molecule has 0 amide bonds. The third-order valence-electron chi connectivity index (χ3n) is 1.50. The first-order valence-corrected chi connectivity index (χ1v) is 4.86. The Morgan fingerprint density at radius 3 is 2.83 bits per heavy atom. The van der Waals surface area contributed by atoms with Crippen molar-refractivity contribution in [3.8, 4) is 0 Å². The maximum atomic E-state index is 9.45. The molecule has 0 aromatic heterocycles. The van der Waals surface area contributed by atoms with Gasteiger partial charge in [-0.15, -0.1) is 6.58 Å². The lowest BCUT2D eigenvalue weighted by Gasteiger charge is -2.07. The summed E-state index contributed by atoms with van der Waals surface area (Å²) in [6, 6.07) is 5.41. The van der Waals surface area contributed by atoms with Gasteiger partial charge in [0, 0.05) is 8.59 Å². The number of benzene rings is 1. The van der Waals surface area contributed by atoms with E-state index in [0.717, 1.165) is 9.13 Å². The zero-order chi connectivity index (χ0) is 9.14. The highest BCUT2D eigenvalue weighted by atomic mass is 127. The van der Waals surface area contributed by atoms with Gasteiger partial charge in [-0.2, -0.15) is 0 Å². The SMILES string of the molecule is C=CC(O)c1cc(Cl)ccc1I. The molecule has 64 valence electrons. The molecule has 0 aliphatic carbocycles. The van der Waals surface area contributed by atoms with Crippen LogP contribution in [-0.4, -0.2) is 5.11 Å². The Hall–Kier alpha value is -0.0600. The Balaban J connectivity index is 3.12. The van der Waals surface area contributed by atoms with Crippen molar-refractivity contribution >= 4 is 34.2 Å². The summed E-state index contributed by atoms with van der Waals surface area (Å²) in [4.78, 5) is 0. The van der Waals surface area contributed by atoms with Gasteiger partial charge in [0.2, 0.25) is 0 Å². The van der Waals surface area contributed by atoms with Crippen molar-refractivity contribution in [3.05, 3.63) is 45.0 Å². The van der Waals surface area contributed by atoms with Crippen LogP contribution in [0.2, 0.25) is 5.02 Å². The number of aliphatic hydroxyl groups is 1. The van der Waals surface area contributed by atoms with E-state index in [4.69, 9.17) is 11.6 Å². The van der Waals surface area contributed by atoms with E-state index in [9.17, 15) is 5.11 Å². The minimum absolute atomic E-state index is 0.629.